The second-order valence-electron chi connectivity index (χ2n) is 4.65. The Kier molecular flexibility index (Phi) is 4.40. The van der Waals surface area contributed by atoms with Crippen molar-refractivity contribution in [2.75, 3.05) is 37.6 Å². The molecule has 1 aliphatic rings. The number of hydrogen-bond donors (Lipinski definition) is 0. The predicted octanol–water partition coefficient (Wildman–Crippen LogP) is 2.14. The first-order chi connectivity index (χ1) is 8.65. The van der Waals surface area contributed by atoms with Gasteiger partial charge in [-0.15, -0.1) is 0 Å². The van der Waals surface area contributed by atoms with Crippen molar-refractivity contribution in [1.82, 2.24) is 14.9 Å². The zero-order valence-electron chi connectivity index (χ0n) is 11.4. The van der Waals surface area contributed by atoms with E-state index < -0.39 is 0 Å². The summed E-state index contributed by atoms with van der Waals surface area (Å²) in [5.74, 6) is 1.85. The molecule has 2 rings (SSSR count). The molecule has 1 saturated heterocycles. The van der Waals surface area contributed by atoms with E-state index in [4.69, 9.17) is 11.6 Å². The number of likely N-dealkylation sites (N-methyl/N-ethyl adjacent to an activating group) is 1. The Labute approximate surface area is 114 Å². The van der Waals surface area contributed by atoms with E-state index in [1.807, 2.05) is 6.92 Å². The third kappa shape index (κ3) is 2.75. The van der Waals surface area contributed by atoms with Crippen LogP contribution in [0.25, 0.3) is 0 Å². The molecule has 1 aromatic heterocycles. The Morgan fingerprint density at radius 3 is 2.33 bits per heavy atom. The van der Waals surface area contributed by atoms with Crippen LogP contribution in [0.2, 0.25) is 5.15 Å². The van der Waals surface area contributed by atoms with Crippen molar-refractivity contribution in [1.29, 1.82) is 0 Å². The van der Waals surface area contributed by atoms with E-state index in [1.165, 1.54) is 0 Å². The molecule has 5 heteroatoms. The molecule has 0 amide bonds. The van der Waals surface area contributed by atoms with Gasteiger partial charge in [-0.1, -0.05) is 25.4 Å². The average molecular weight is 269 g/mol. The number of halogens is 1. The van der Waals surface area contributed by atoms with Gasteiger partial charge < -0.3 is 9.80 Å². The fraction of sp³-hybridized carbons (Fsp3) is 0.692. The summed E-state index contributed by atoms with van der Waals surface area (Å²) in [6.07, 6.45) is 0.821. The van der Waals surface area contributed by atoms with Gasteiger partial charge in [-0.3, -0.25) is 0 Å². The second kappa shape index (κ2) is 5.85. The summed E-state index contributed by atoms with van der Waals surface area (Å²) in [4.78, 5) is 13.7. The van der Waals surface area contributed by atoms with Crippen LogP contribution in [0.5, 0.6) is 0 Å². The molecular weight excluding hydrogens is 248 g/mol. The van der Waals surface area contributed by atoms with Gasteiger partial charge in [-0.25, -0.2) is 9.97 Å². The zero-order chi connectivity index (χ0) is 13.1. The van der Waals surface area contributed by atoms with Gasteiger partial charge >= 0.3 is 0 Å². The Bertz CT molecular complexity index is 414. The first-order valence-electron chi connectivity index (χ1n) is 6.66. The molecule has 0 N–H and O–H groups in total. The monoisotopic (exact) mass is 268 g/mol. The van der Waals surface area contributed by atoms with E-state index in [9.17, 15) is 0 Å². The first kappa shape index (κ1) is 13.6. The lowest BCUT2D eigenvalue weighted by atomic mass is 10.2. The van der Waals surface area contributed by atoms with E-state index in [1.54, 1.807) is 0 Å². The number of nitrogens with zero attached hydrogens (tertiary/aromatic N) is 4. The number of anilines is 1. The van der Waals surface area contributed by atoms with Crippen molar-refractivity contribution in [3.05, 3.63) is 16.5 Å². The standard InChI is InChI=1S/C13H21ClN4/c1-4-11-15-12(14)10(3)13(16-11)18-8-6-17(5-2)7-9-18/h4-9H2,1-3H3. The molecule has 18 heavy (non-hydrogen) atoms. The molecule has 100 valence electrons. The highest BCUT2D eigenvalue weighted by atomic mass is 35.5. The molecule has 0 bridgehead atoms. The van der Waals surface area contributed by atoms with Crippen LogP contribution in [0.4, 0.5) is 5.82 Å². The molecule has 2 heterocycles. The van der Waals surface area contributed by atoms with E-state index in [0.717, 1.165) is 56.4 Å². The number of rotatable bonds is 3. The maximum atomic E-state index is 6.18. The number of hydrogen-bond acceptors (Lipinski definition) is 4. The third-order valence-corrected chi connectivity index (χ3v) is 3.91. The topological polar surface area (TPSA) is 32.3 Å². The summed E-state index contributed by atoms with van der Waals surface area (Å²) in [6, 6.07) is 0. The molecule has 1 fully saturated rings. The molecule has 0 aliphatic carbocycles. The highest BCUT2D eigenvalue weighted by Crippen LogP contribution is 2.24. The second-order valence-corrected chi connectivity index (χ2v) is 5.01. The Morgan fingerprint density at radius 2 is 1.78 bits per heavy atom. The molecule has 0 spiro atoms. The average Bonchev–Trinajstić information content (AvgIpc) is 2.42. The Hall–Kier alpha value is -0.870. The number of aryl methyl sites for hydroxylation is 1. The fourth-order valence-electron chi connectivity index (χ4n) is 2.26. The summed E-state index contributed by atoms with van der Waals surface area (Å²) in [5, 5.41) is 0.592. The van der Waals surface area contributed by atoms with Crippen LogP contribution in [0.3, 0.4) is 0 Å². The zero-order valence-corrected chi connectivity index (χ0v) is 12.2. The Balaban J connectivity index is 2.20. The molecule has 0 radical (unpaired) electrons. The molecule has 0 saturated carbocycles. The van der Waals surface area contributed by atoms with E-state index >= 15 is 0 Å². The van der Waals surface area contributed by atoms with Crippen LogP contribution >= 0.6 is 11.6 Å². The highest BCUT2D eigenvalue weighted by molar-refractivity contribution is 6.30. The molecule has 0 aromatic carbocycles. The normalized spacial score (nSPS) is 17.2. The van der Waals surface area contributed by atoms with Crippen molar-refractivity contribution < 1.29 is 0 Å². The third-order valence-electron chi connectivity index (χ3n) is 3.54. The van der Waals surface area contributed by atoms with Gasteiger partial charge in [-0.05, 0) is 13.5 Å². The van der Waals surface area contributed by atoms with Crippen LogP contribution in [-0.4, -0.2) is 47.6 Å². The molecule has 0 unspecified atom stereocenters. The molecule has 1 aromatic rings. The fourth-order valence-corrected chi connectivity index (χ4v) is 2.44. The maximum absolute atomic E-state index is 6.18. The quantitative estimate of drug-likeness (QED) is 0.787. The van der Waals surface area contributed by atoms with Crippen LogP contribution in [0.1, 0.15) is 25.2 Å². The lowest BCUT2D eigenvalue weighted by Gasteiger charge is -2.35. The van der Waals surface area contributed by atoms with E-state index in [0.29, 0.717) is 5.15 Å². The van der Waals surface area contributed by atoms with Crippen LogP contribution in [-0.2, 0) is 6.42 Å². The highest BCUT2D eigenvalue weighted by Gasteiger charge is 2.20. The van der Waals surface area contributed by atoms with Crippen molar-refractivity contribution in [3.8, 4) is 0 Å². The maximum Gasteiger partial charge on any atom is 0.137 e. The summed E-state index contributed by atoms with van der Waals surface area (Å²) < 4.78 is 0. The largest absolute Gasteiger partial charge is 0.354 e. The van der Waals surface area contributed by atoms with Crippen molar-refractivity contribution in [2.24, 2.45) is 0 Å². The summed E-state index contributed by atoms with van der Waals surface area (Å²) in [7, 11) is 0. The van der Waals surface area contributed by atoms with Gasteiger partial charge in [0.2, 0.25) is 0 Å². The van der Waals surface area contributed by atoms with Crippen LogP contribution < -0.4 is 4.90 Å². The lowest BCUT2D eigenvalue weighted by Crippen LogP contribution is -2.46. The van der Waals surface area contributed by atoms with Gasteiger partial charge in [0.1, 0.15) is 16.8 Å². The minimum atomic E-state index is 0.592. The van der Waals surface area contributed by atoms with Crippen molar-refractivity contribution >= 4 is 17.4 Å². The van der Waals surface area contributed by atoms with Gasteiger partial charge in [0.15, 0.2) is 0 Å². The van der Waals surface area contributed by atoms with Crippen molar-refractivity contribution in [2.45, 2.75) is 27.2 Å². The molecule has 4 nitrogen and oxygen atoms in total. The SMILES string of the molecule is CCc1nc(Cl)c(C)c(N2CCN(CC)CC2)n1. The van der Waals surface area contributed by atoms with E-state index in [2.05, 4.69) is 33.6 Å². The smallest absolute Gasteiger partial charge is 0.137 e. The lowest BCUT2D eigenvalue weighted by molar-refractivity contribution is 0.270. The van der Waals surface area contributed by atoms with E-state index in [-0.39, 0.29) is 0 Å². The van der Waals surface area contributed by atoms with Gasteiger partial charge in [0.25, 0.3) is 0 Å². The summed E-state index contributed by atoms with van der Waals surface area (Å²) in [6.45, 7) is 11.6. The number of piperazine rings is 1. The number of aromatic nitrogens is 2. The molecular formula is C13H21ClN4. The predicted molar refractivity (Wildman–Crippen MR) is 75.5 cm³/mol. The molecule has 1 aliphatic heterocycles. The van der Waals surface area contributed by atoms with Gasteiger partial charge in [-0.2, -0.15) is 0 Å². The first-order valence-corrected chi connectivity index (χ1v) is 7.03. The van der Waals surface area contributed by atoms with Crippen molar-refractivity contribution in [3.63, 3.8) is 0 Å². The van der Waals surface area contributed by atoms with Gasteiger partial charge in [0, 0.05) is 38.2 Å². The van der Waals surface area contributed by atoms with Crippen LogP contribution in [0, 0.1) is 6.92 Å². The minimum Gasteiger partial charge on any atom is -0.354 e. The Morgan fingerprint density at radius 1 is 1.11 bits per heavy atom. The van der Waals surface area contributed by atoms with Gasteiger partial charge in [0.05, 0.1) is 0 Å². The minimum absolute atomic E-state index is 0.592. The summed E-state index contributed by atoms with van der Waals surface area (Å²) in [5.41, 5.74) is 0.999. The summed E-state index contributed by atoms with van der Waals surface area (Å²) >= 11 is 6.18. The molecule has 0 atom stereocenters. The van der Waals surface area contributed by atoms with Crippen LogP contribution in [0.15, 0.2) is 0 Å².